The maximum Gasteiger partial charge on any atom is 0 e. The van der Waals surface area contributed by atoms with Gasteiger partial charge in [0.25, 0.3) is 0 Å². The Morgan fingerprint density at radius 2 is 1.42 bits per heavy atom. The van der Waals surface area contributed by atoms with E-state index in [4.69, 9.17) is 19.4 Å². The van der Waals surface area contributed by atoms with Crippen LogP contribution >= 0.6 is 0 Å². The molecule has 1 saturated carbocycles. The Hall–Kier alpha value is -5.66. The van der Waals surface area contributed by atoms with E-state index < -0.39 is 13.3 Å². The van der Waals surface area contributed by atoms with Crippen molar-refractivity contribution >= 4 is 61.5 Å². The number of imidazole rings is 1. The van der Waals surface area contributed by atoms with Crippen molar-refractivity contribution in [3.05, 3.63) is 174 Å². The molecular formula is C65H68GeIrN4O-2. The predicted molar refractivity (Wildman–Crippen MR) is 302 cm³/mol. The van der Waals surface area contributed by atoms with Crippen molar-refractivity contribution in [3.63, 3.8) is 0 Å². The van der Waals surface area contributed by atoms with Crippen LogP contribution in [-0.2, 0) is 32.9 Å². The largest absolute Gasteiger partial charge is 0 e. The Morgan fingerprint density at radius 3 is 2.10 bits per heavy atom. The SMILES string of the molecule is CC(C)c1cc(-c2ccccc2)cc(C(C)C)c1-n1c(-c2[c-]ccc3c2oc2nc(CC(C)(C)C)ccc23)nc2ccc3ccccc3c21.[CH3][Ge]([CH3])([CH3])[c]1cnc(-c2[c-]cccc2)cc1CC1CCCC1.[Ir]. The van der Waals surface area contributed by atoms with Gasteiger partial charge in [0.05, 0.1) is 22.4 Å². The molecule has 4 aromatic heterocycles. The summed E-state index contributed by atoms with van der Waals surface area (Å²) in [7, 11) is 0. The van der Waals surface area contributed by atoms with Gasteiger partial charge < -0.3 is 8.98 Å². The summed E-state index contributed by atoms with van der Waals surface area (Å²) in [4.78, 5) is 15.2. The Labute approximate surface area is 443 Å². The van der Waals surface area contributed by atoms with Gasteiger partial charge in [0.2, 0.25) is 5.71 Å². The fourth-order valence-electron chi connectivity index (χ4n) is 10.9. The summed E-state index contributed by atoms with van der Waals surface area (Å²) < 4.78 is 10.7. The quantitative estimate of drug-likeness (QED) is 0.101. The fourth-order valence-corrected chi connectivity index (χ4v) is 14.2. The number of nitrogens with zero attached hydrogens (tertiary/aromatic N) is 4. The van der Waals surface area contributed by atoms with Crippen LogP contribution in [-0.4, -0.2) is 32.8 Å². The molecule has 7 heteroatoms. The zero-order valence-corrected chi connectivity index (χ0v) is 48.3. The second-order valence-electron chi connectivity index (χ2n) is 22.8. The molecule has 0 spiro atoms. The normalized spacial score (nSPS) is 13.4. The predicted octanol–water partition coefficient (Wildman–Crippen LogP) is 17.3. The monoisotopic (exact) mass is 1190 g/mol. The molecule has 1 radical (unpaired) electrons. The molecule has 0 saturated heterocycles. The van der Waals surface area contributed by atoms with Crippen LogP contribution in [0.15, 0.2) is 144 Å². The van der Waals surface area contributed by atoms with Gasteiger partial charge in [0, 0.05) is 42.3 Å². The molecule has 11 rings (SSSR count). The molecular weight excluding hydrogens is 1120 g/mol. The average molecular weight is 1190 g/mol. The minimum Gasteiger partial charge on any atom is 0 e. The molecule has 0 N–H and O–H groups in total. The standard InChI is InChI=1S/C45H42N3O.C20H26GeN.Ir/c1-27(2)37-24-31(29-14-9-8-10-15-29)25-38(28(3)4)40(37)48-41-33-17-12-11-16-30(33)20-23-39(41)47-43(48)36-19-13-18-34-35-22-21-32(26-45(5,6)7)46-44(35)49-42(34)36;1-21(2,3)19-15-22-20(17-11-5-4-6-12-17)14-18(19)13-16-9-7-8-10-16;/h8-18,20-25,27-28H,26H2,1-7H3;4-6,11,14-16H,7-10,13H2,1-3H3;/q2*-1;. The molecule has 1 fully saturated rings. The van der Waals surface area contributed by atoms with E-state index in [-0.39, 0.29) is 37.4 Å². The molecule has 0 unspecified atom stereocenters. The molecule has 369 valence electrons. The molecule has 1 aliphatic rings. The summed E-state index contributed by atoms with van der Waals surface area (Å²) >= 11 is -1.87. The van der Waals surface area contributed by atoms with E-state index >= 15 is 0 Å². The van der Waals surface area contributed by atoms with Crippen molar-refractivity contribution in [2.24, 2.45) is 11.3 Å². The summed E-state index contributed by atoms with van der Waals surface area (Å²) in [6.45, 7) is 15.9. The van der Waals surface area contributed by atoms with Gasteiger partial charge in [-0.25, -0.2) is 4.98 Å². The summed E-state index contributed by atoms with van der Waals surface area (Å²) in [5, 5.41) is 4.38. The summed E-state index contributed by atoms with van der Waals surface area (Å²) in [6, 6.07) is 54.3. The third-order valence-corrected chi connectivity index (χ3v) is 18.7. The first kappa shape index (κ1) is 51.3. The Balaban J connectivity index is 0.000000233. The molecule has 0 bridgehead atoms. The smallest absolute Gasteiger partial charge is 0 e. The second-order valence-corrected chi connectivity index (χ2v) is 33.4. The van der Waals surface area contributed by atoms with E-state index in [1.54, 1.807) is 9.96 Å². The minimum absolute atomic E-state index is 0. The second kappa shape index (κ2) is 21.1. The van der Waals surface area contributed by atoms with Gasteiger partial charge in [-0.1, -0.05) is 120 Å². The number of benzene rings is 6. The number of aromatic nitrogens is 4. The van der Waals surface area contributed by atoms with Crippen LogP contribution in [0.3, 0.4) is 0 Å². The van der Waals surface area contributed by atoms with Crippen LogP contribution in [0, 0.1) is 23.5 Å². The summed E-state index contributed by atoms with van der Waals surface area (Å²) in [5.41, 5.74) is 15.4. The third kappa shape index (κ3) is 10.6. The zero-order chi connectivity index (χ0) is 49.6. The number of furan rings is 1. The van der Waals surface area contributed by atoms with Gasteiger partial charge in [-0.05, 0) is 81.6 Å². The summed E-state index contributed by atoms with van der Waals surface area (Å²) in [6.07, 6.45) is 9.96. The number of pyridine rings is 2. The summed E-state index contributed by atoms with van der Waals surface area (Å²) in [5.74, 6) is 9.65. The molecule has 1 aliphatic carbocycles. The number of hydrogen-bond acceptors (Lipinski definition) is 4. The molecule has 4 heterocycles. The van der Waals surface area contributed by atoms with Gasteiger partial charge in [0.1, 0.15) is 0 Å². The minimum atomic E-state index is -1.87. The van der Waals surface area contributed by atoms with E-state index in [0.717, 1.165) is 68.1 Å². The van der Waals surface area contributed by atoms with Crippen molar-refractivity contribution in [2.45, 2.75) is 116 Å². The first-order valence-electron chi connectivity index (χ1n) is 25.9. The first-order chi connectivity index (χ1) is 34.1. The van der Waals surface area contributed by atoms with Crippen molar-refractivity contribution in [1.29, 1.82) is 0 Å². The van der Waals surface area contributed by atoms with Crippen LogP contribution in [0.5, 0.6) is 0 Å². The van der Waals surface area contributed by atoms with Crippen LogP contribution < -0.4 is 4.40 Å². The molecule has 6 aromatic carbocycles. The van der Waals surface area contributed by atoms with Crippen LogP contribution in [0.25, 0.3) is 83.3 Å². The zero-order valence-electron chi connectivity index (χ0n) is 43.8. The molecule has 0 atom stereocenters. The van der Waals surface area contributed by atoms with Crippen molar-refractivity contribution in [1.82, 2.24) is 19.5 Å². The topological polar surface area (TPSA) is 56.7 Å². The molecule has 5 nitrogen and oxygen atoms in total. The number of hydrogen-bond donors (Lipinski definition) is 0. The maximum absolute atomic E-state index is 6.70. The van der Waals surface area contributed by atoms with E-state index in [2.05, 4.69) is 204 Å². The van der Waals surface area contributed by atoms with Gasteiger partial charge in [0.15, 0.2) is 0 Å². The maximum atomic E-state index is 6.70. The Kier molecular flexibility index (Phi) is 15.0. The van der Waals surface area contributed by atoms with E-state index in [0.29, 0.717) is 5.71 Å². The third-order valence-electron chi connectivity index (χ3n) is 14.3. The molecule has 0 aliphatic heterocycles. The van der Waals surface area contributed by atoms with Gasteiger partial charge in [-0.15, -0.1) is 18.2 Å². The number of rotatable bonds is 10. The van der Waals surface area contributed by atoms with E-state index in [1.807, 2.05) is 18.2 Å². The van der Waals surface area contributed by atoms with Crippen LogP contribution in [0.1, 0.15) is 108 Å². The number of fused-ring (bicyclic) bond motifs is 6. The average Bonchev–Trinajstić information content (AvgIpc) is 4.11. The molecule has 72 heavy (non-hydrogen) atoms. The van der Waals surface area contributed by atoms with Crippen molar-refractivity contribution in [3.8, 4) is 39.5 Å². The van der Waals surface area contributed by atoms with Crippen molar-refractivity contribution < 1.29 is 24.5 Å². The molecule has 0 amide bonds. The molecule has 10 aromatic rings. The Bertz CT molecular complexity index is 3490. The van der Waals surface area contributed by atoms with Crippen molar-refractivity contribution in [2.75, 3.05) is 0 Å². The Morgan fingerprint density at radius 1 is 0.708 bits per heavy atom. The van der Waals surface area contributed by atoms with Crippen LogP contribution in [0.4, 0.5) is 0 Å². The van der Waals surface area contributed by atoms with Crippen LogP contribution in [0.2, 0.25) is 17.3 Å². The first-order valence-corrected chi connectivity index (χ1v) is 33.3. The van der Waals surface area contributed by atoms with Gasteiger partial charge in [-0.3, -0.25) is 4.98 Å². The fraction of sp³-hybridized carbons (Fsp3) is 0.308. The van der Waals surface area contributed by atoms with E-state index in [9.17, 15) is 0 Å². The van der Waals surface area contributed by atoms with E-state index in [1.165, 1.54) is 70.8 Å². The van der Waals surface area contributed by atoms with Gasteiger partial charge >= 0.3 is 137 Å². The van der Waals surface area contributed by atoms with Gasteiger partial charge in [-0.2, -0.15) is 0 Å².